The summed E-state index contributed by atoms with van der Waals surface area (Å²) in [4.78, 5) is 33.3. The SMILES string of the molecule is CCn1nc(-c2nc3ccccc3[nH]2)c(C(C)=O)c(Nc2cccc(Cl)c2)c1=O. The monoisotopic (exact) mass is 407 g/mol. The number of imidazole rings is 1. The minimum absolute atomic E-state index is 0.145. The van der Waals surface area contributed by atoms with Gasteiger partial charge < -0.3 is 10.3 Å². The summed E-state index contributed by atoms with van der Waals surface area (Å²) in [6.07, 6.45) is 0. The van der Waals surface area contributed by atoms with Crippen LogP contribution in [0, 0.1) is 0 Å². The van der Waals surface area contributed by atoms with E-state index in [2.05, 4.69) is 20.4 Å². The number of carbonyl (C=O) groups excluding carboxylic acids is 1. The normalized spacial score (nSPS) is 11.0. The number of nitrogens with zero attached hydrogens (tertiary/aromatic N) is 3. The van der Waals surface area contributed by atoms with E-state index in [0.717, 1.165) is 11.0 Å². The van der Waals surface area contributed by atoms with Gasteiger partial charge in [0.1, 0.15) is 11.4 Å². The molecule has 0 bridgehead atoms. The van der Waals surface area contributed by atoms with Crippen molar-refractivity contribution in [3.05, 3.63) is 69.5 Å². The summed E-state index contributed by atoms with van der Waals surface area (Å²) in [6.45, 7) is 3.56. The first-order valence-electron chi connectivity index (χ1n) is 9.11. The Bertz CT molecular complexity index is 1260. The van der Waals surface area contributed by atoms with Crippen LogP contribution in [-0.4, -0.2) is 25.5 Å². The minimum Gasteiger partial charge on any atom is -0.350 e. The molecule has 0 saturated heterocycles. The molecule has 0 unspecified atom stereocenters. The predicted molar refractivity (Wildman–Crippen MR) is 114 cm³/mol. The highest BCUT2D eigenvalue weighted by atomic mass is 35.5. The molecule has 2 N–H and O–H groups in total. The van der Waals surface area contributed by atoms with Crippen LogP contribution in [-0.2, 0) is 6.54 Å². The van der Waals surface area contributed by atoms with Gasteiger partial charge in [-0.15, -0.1) is 0 Å². The van der Waals surface area contributed by atoms with Crippen LogP contribution >= 0.6 is 11.6 Å². The second-order valence-corrected chi connectivity index (χ2v) is 6.95. The maximum absolute atomic E-state index is 13.0. The number of aryl methyl sites for hydroxylation is 1. The summed E-state index contributed by atoms with van der Waals surface area (Å²) >= 11 is 6.07. The number of aromatic nitrogens is 4. The molecule has 2 heterocycles. The lowest BCUT2D eigenvalue weighted by Crippen LogP contribution is -2.28. The zero-order valence-corrected chi connectivity index (χ0v) is 16.6. The molecule has 0 aliphatic rings. The summed E-state index contributed by atoms with van der Waals surface area (Å²) in [6, 6.07) is 14.5. The van der Waals surface area contributed by atoms with Crippen LogP contribution in [0.4, 0.5) is 11.4 Å². The number of fused-ring (bicyclic) bond motifs is 1. The van der Waals surface area contributed by atoms with Crippen molar-refractivity contribution in [1.29, 1.82) is 0 Å². The van der Waals surface area contributed by atoms with Crippen molar-refractivity contribution < 1.29 is 4.79 Å². The lowest BCUT2D eigenvalue weighted by Gasteiger charge is -2.15. The van der Waals surface area contributed by atoms with Gasteiger partial charge in [0.15, 0.2) is 11.6 Å². The van der Waals surface area contributed by atoms with Crippen LogP contribution in [0.3, 0.4) is 0 Å². The molecule has 0 saturated carbocycles. The number of rotatable bonds is 5. The molecule has 0 spiro atoms. The maximum Gasteiger partial charge on any atom is 0.291 e. The van der Waals surface area contributed by atoms with Crippen molar-refractivity contribution in [3.63, 3.8) is 0 Å². The van der Waals surface area contributed by atoms with Gasteiger partial charge in [-0.3, -0.25) is 9.59 Å². The summed E-state index contributed by atoms with van der Waals surface area (Å²) in [7, 11) is 0. The number of nitrogens with one attached hydrogen (secondary N) is 2. The van der Waals surface area contributed by atoms with Gasteiger partial charge in [-0.2, -0.15) is 5.10 Å². The number of ketones is 1. The Labute approximate surface area is 171 Å². The zero-order valence-electron chi connectivity index (χ0n) is 15.9. The molecular formula is C21H18ClN5O2. The van der Waals surface area contributed by atoms with E-state index >= 15 is 0 Å². The van der Waals surface area contributed by atoms with Crippen LogP contribution in [0.25, 0.3) is 22.6 Å². The summed E-state index contributed by atoms with van der Waals surface area (Å²) in [5.74, 6) is 0.130. The molecule has 0 atom stereocenters. The largest absolute Gasteiger partial charge is 0.350 e. The Hall–Kier alpha value is -3.45. The molecule has 146 valence electrons. The number of benzene rings is 2. The second-order valence-electron chi connectivity index (χ2n) is 6.51. The number of aromatic amines is 1. The fourth-order valence-electron chi connectivity index (χ4n) is 3.18. The molecule has 0 radical (unpaired) electrons. The highest BCUT2D eigenvalue weighted by Crippen LogP contribution is 2.28. The third kappa shape index (κ3) is 3.52. The van der Waals surface area contributed by atoms with E-state index in [9.17, 15) is 9.59 Å². The van der Waals surface area contributed by atoms with Crippen LogP contribution in [0.15, 0.2) is 53.3 Å². The van der Waals surface area contributed by atoms with E-state index in [1.807, 2.05) is 31.2 Å². The number of carbonyl (C=O) groups is 1. The maximum atomic E-state index is 13.0. The van der Waals surface area contributed by atoms with E-state index in [1.54, 1.807) is 24.3 Å². The van der Waals surface area contributed by atoms with Crippen molar-refractivity contribution >= 4 is 39.8 Å². The Morgan fingerprint density at radius 3 is 2.69 bits per heavy atom. The molecule has 29 heavy (non-hydrogen) atoms. The number of halogens is 1. The molecule has 0 aliphatic carbocycles. The topological polar surface area (TPSA) is 92.7 Å². The van der Waals surface area contributed by atoms with Crippen LogP contribution in [0.5, 0.6) is 0 Å². The lowest BCUT2D eigenvalue weighted by molar-refractivity contribution is 0.101. The van der Waals surface area contributed by atoms with Gasteiger partial charge in [0.25, 0.3) is 5.56 Å². The average molecular weight is 408 g/mol. The van der Waals surface area contributed by atoms with Crippen molar-refractivity contribution in [1.82, 2.24) is 19.7 Å². The predicted octanol–water partition coefficient (Wildman–Crippen LogP) is 4.41. The number of hydrogen-bond donors (Lipinski definition) is 2. The molecule has 0 amide bonds. The van der Waals surface area contributed by atoms with Crippen molar-refractivity contribution in [2.24, 2.45) is 0 Å². The third-order valence-corrected chi connectivity index (χ3v) is 4.75. The molecule has 0 fully saturated rings. The molecule has 8 heteroatoms. The van der Waals surface area contributed by atoms with Gasteiger partial charge in [0, 0.05) is 17.3 Å². The van der Waals surface area contributed by atoms with Crippen LogP contribution < -0.4 is 10.9 Å². The van der Waals surface area contributed by atoms with Gasteiger partial charge in [0.05, 0.1) is 16.6 Å². The van der Waals surface area contributed by atoms with Crippen molar-refractivity contribution in [2.75, 3.05) is 5.32 Å². The molecule has 2 aromatic heterocycles. The fourth-order valence-corrected chi connectivity index (χ4v) is 3.38. The highest BCUT2D eigenvalue weighted by molar-refractivity contribution is 6.30. The smallest absolute Gasteiger partial charge is 0.291 e. The Kier molecular flexibility index (Phi) is 4.90. The van der Waals surface area contributed by atoms with E-state index in [1.165, 1.54) is 11.6 Å². The quantitative estimate of drug-likeness (QED) is 0.478. The Morgan fingerprint density at radius 2 is 2.00 bits per heavy atom. The van der Waals surface area contributed by atoms with E-state index in [0.29, 0.717) is 28.8 Å². The summed E-state index contributed by atoms with van der Waals surface area (Å²) in [5, 5.41) is 8.00. The van der Waals surface area contributed by atoms with E-state index in [-0.39, 0.29) is 17.0 Å². The molecule has 2 aromatic carbocycles. The van der Waals surface area contributed by atoms with Crippen molar-refractivity contribution in [2.45, 2.75) is 20.4 Å². The first-order chi connectivity index (χ1) is 14.0. The summed E-state index contributed by atoms with van der Waals surface area (Å²) in [5.41, 5.74) is 2.42. The average Bonchev–Trinajstić information content (AvgIpc) is 3.13. The van der Waals surface area contributed by atoms with Gasteiger partial charge >= 0.3 is 0 Å². The Morgan fingerprint density at radius 1 is 1.21 bits per heavy atom. The Balaban J connectivity index is 1.98. The first kappa shape index (κ1) is 18.9. The number of anilines is 2. The molecular weight excluding hydrogens is 390 g/mol. The molecule has 0 aliphatic heterocycles. The van der Waals surface area contributed by atoms with Gasteiger partial charge in [-0.1, -0.05) is 29.8 Å². The fraction of sp³-hybridized carbons (Fsp3) is 0.143. The van der Waals surface area contributed by atoms with E-state index < -0.39 is 5.56 Å². The van der Waals surface area contributed by atoms with Crippen LogP contribution in [0.1, 0.15) is 24.2 Å². The highest BCUT2D eigenvalue weighted by Gasteiger charge is 2.24. The van der Waals surface area contributed by atoms with Gasteiger partial charge in [0.2, 0.25) is 0 Å². The lowest BCUT2D eigenvalue weighted by atomic mass is 10.1. The number of H-pyrrole nitrogens is 1. The third-order valence-electron chi connectivity index (χ3n) is 4.52. The van der Waals surface area contributed by atoms with Crippen molar-refractivity contribution in [3.8, 4) is 11.5 Å². The molecule has 4 rings (SSSR count). The number of hydrogen-bond acceptors (Lipinski definition) is 5. The number of Topliss-reactive ketones (excluding diaryl/α,β-unsaturated/α-hetero) is 1. The zero-order chi connectivity index (χ0) is 20.5. The standard InChI is InChI=1S/C21H18ClN5O2/c1-3-27-21(29)19(23-14-8-6-7-13(22)11-14)17(12(2)28)18(26-27)20-24-15-9-4-5-10-16(15)25-20/h4-11,23H,3H2,1-2H3,(H,24,25). The first-order valence-corrected chi connectivity index (χ1v) is 9.49. The minimum atomic E-state index is -0.391. The van der Waals surface area contributed by atoms with Crippen LogP contribution in [0.2, 0.25) is 5.02 Å². The second kappa shape index (κ2) is 7.52. The van der Waals surface area contributed by atoms with Gasteiger partial charge in [-0.05, 0) is 44.2 Å². The summed E-state index contributed by atoms with van der Waals surface area (Å²) < 4.78 is 1.31. The number of para-hydroxylation sites is 2. The molecule has 7 nitrogen and oxygen atoms in total. The molecule has 4 aromatic rings. The van der Waals surface area contributed by atoms with Gasteiger partial charge in [-0.25, -0.2) is 9.67 Å². The van der Waals surface area contributed by atoms with E-state index in [4.69, 9.17) is 11.6 Å².